The summed E-state index contributed by atoms with van der Waals surface area (Å²) in [6.45, 7) is 6.55. The van der Waals surface area contributed by atoms with Gasteiger partial charge < -0.3 is 23.7 Å². The van der Waals surface area contributed by atoms with Gasteiger partial charge in [-0.3, -0.25) is 14.2 Å². The van der Waals surface area contributed by atoms with Crippen LogP contribution in [0, 0.1) is 0 Å². The molecule has 0 fully saturated rings. The van der Waals surface area contributed by atoms with E-state index in [1.165, 1.54) is 43.1 Å². The molecule has 0 N–H and O–H groups in total. The van der Waals surface area contributed by atoms with Gasteiger partial charge in [-0.05, 0) is 48.9 Å². The highest BCUT2D eigenvalue weighted by Crippen LogP contribution is 2.36. The van der Waals surface area contributed by atoms with Crippen molar-refractivity contribution in [3.05, 3.63) is 91.1 Å². The summed E-state index contributed by atoms with van der Waals surface area (Å²) in [5.41, 5.74) is 1.37. The van der Waals surface area contributed by atoms with E-state index >= 15 is 0 Å². The lowest BCUT2D eigenvalue weighted by Crippen LogP contribution is -2.40. The van der Waals surface area contributed by atoms with Crippen molar-refractivity contribution < 1.29 is 33.3 Å². The number of aromatic nitrogens is 1. The topological polar surface area (TPSA) is 115 Å². The predicted molar refractivity (Wildman–Crippen MR) is 149 cm³/mol. The Hall–Kier alpha value is -4.64. The van der Waals surface area contributed by atoms with Gasteiger partial charge in [0.1, 0.15) is 18.1 Å². The molecule has 0 spiro atoms. The summed E-state index contributed by atoms with van der Waals surface area (Å²) in [6.07, 6.45) is 3.15. The van der Waals surface area contributed by atoms with E-state index in [1.807, 2.05) is 0 Å². The van der Waals surface area contributed by atoms with E-state index < -0.39 is 18.0 Å². The second-order valence-corrected chi connectivity index (χ2v) is 9.59. The Kier molecular flexibility index (Phi) is 8.54. The Labute approximate surface area is 234 Å². The molecule has 1 atom stereocenters. The number of ether oxygens (including phenoxy) is 5. The van der Waals surface area contributed by atoms with Gasteiger partial charge in [-0.15, -0.1) is 0 Å². The SMILES string of the molecule is C=CCOC(=O)C1=C(C)N=c2sc(=Cc3cc(OC)ccc3OC)c(=O)n2C1c1ccc(OC(C)=O)c(OC)c1. The Morgan fingerprint density at radius 2 is 1.77 bits per heavy atom. The van der Waals surface area contributed by atoms with Crippen molar-refractivity contribution in [1.29, 1.82) is 0 Å². The highest BCUT2D eigenvalue weighted by molar-refractivity contribution is 7.07. The lowest BCUT2D eigenvalue weighted by molar-refractivity contribution is -0.138. The fourth-order valence-electron chi connectivity index (χ4n) is 4.30. The predicted octanol–water partition coefficient (Wildman–Crippen LogP) is 2.92. The van der Waals surface area contributed by atoms with E-state index in [1.54, 1.807) is 56.5 Å². The summed E-state index contributed by atoms with van der Waals surface area (Å²) >= 11 is 1.17. The van der Waals surface area contributed by atoms with Crippen LogP contribution in [0.15, 0.2) is 70.1 Å². The molecule has 40 heavy (non-hydrogen) atoms. The zero-order valence-electron chi connectivity index (χ0n) is 22.7. The third-order valence-electron chi connectivity index (χ3n) is 6.05. The molecule has 1 aliphatic rings. The van der Waals surface area contributed by atoms with Crippen LogP contribution in [0.4, 0.5) is 0 Å². The molecular formula is C29H28N2O8S. The maximum Gasteiger partial charge on any atom is 0.338 e. The molecule has 208 valence electrons. The molecule has 1 unspecified atom stereocenters. The summed E-state index contributed by atoms with van der Waals surface area (Å²) in [5, 5.41) is 0. The molecule has 3 aromatic rings. The Balaban J connectivity index is 1.96. The second kappa shape index (κ2) is 12.0. The first-order valence-electron chi connectivity index (χ1n) is 12.1. The van der Waals surface area contributed by atoms with Crippen LogP contribution in [0.5, 0.6) is 23.0 Å². The van der Waals surface area contributed by atoms with Crippen LogP contribution in [-0.4, -0.2) is 44.4 Å². The summed E-state index contributed by atoms with van der Waals surface area (Å²) in [5.74, 6) is 0.450. The molecule has 0 aliphatic carbocycles. The van der Waals surface area contributed by atoms with Crippen molar-refractivity contribution in [3.8, 4) is 23.0 Å². The molecule has 0 radical (unpaired) electrons. The van der Waals surface area contributed by atoms with E-state index in [4.69, 9.17) is 23.7 Å². The molecule has 2 heterocycles. The van der Waals surface area contributed by atoms with Crippen molar-refractivity contribution in [2.24, 2.45) is 4.99 Å². The summed E-state index contributed by atoms with van der Waals surface area (Å²) in [6, 6.07) is 9.19. The lowest BCUT2D eigenvalue weighted by Gasteiger charge is -2.25. The fourth-order valence-corrected chi connectivity index (χ4v) is 5.33. The van der Waals surface area contributed by atoms with Crippen molar-refractivity contribution in [2.45, 2.75) is 19.9 Å². The third-order valence-corrected chi connectivity index (χ3v) is 7.04. The number of hydrogen-bond acceptors (Lipinski definition) is 10. The van der Waals surface area contributed by atoms with Crippen LogP contribution in [0.25, 0.3) is 6.08 Å². The quantitative estimate of drug-likeness (QED) is 0.221. The molecule has 0 amide bonds. The van der Waals surface area contributed by atoms with Gasteiger partial charge in [0.05, 0.1) is 43.2 Å². The second-order valence-electron chi connectivity index (χ2n) is 8.58. The monoisotopic (exact) mass is 564 g/mol. The van der Waals surface area contributed by atoms with E-state index in [-0.39, 0.29) is 29.2 Å². The molecule has 11 heteroatoms. The van der Waals surface area contributed by atoms with Gasteiger partial charge in [0, 0.05) is 12.5 Å². The molecule has 4 rings (SSSR count). The van der Waals surface area contributed by atoms with Crippen molar-refractivity contribution >= 4 is 29.4 Å². The number of carbonyl (C=O) groups is 2. The molecule has 1 aliphatic heterocycles. The number of rotatable bonds is 9. The molecule has 0 bridgehead atoms. The van der Waals surface area contributed by atoms with Gasteiger partial charge in [0.2, 0.25) is 0 Å². The fraction of sp³-hybridized carbons (Fsp3) is 0.241. The van der Waals surface area contributed by atoms with Crippen LogP contribution in [0.3, 0.4) is 0 Å². The molecule has 0 saturated heterocycles. The maximum atomic E-state index is 13.9. The number of benzene rings is 2. The first-order valence-corrected chi connectivity index (χ1v) is 12.9. The average molecular weight is 565 g/mol. The molecule has 0 saturated carbocycles. The zero-order valence-corrected chi connectivity index (χ0v) is 23.5. The number of methoxy groups -OCH3 is 3. The molecule has 10 nitrogen and oxygen atoms in total. The summed E-state index contributed by atoms with van der Waals surface area (Å²) in [7, 11) is 4.52. The van der Waals surface area contributed by atoms with Crippen LogP contribution in [0.1, 0.15) is 31.0 Å². The number of hydrogen-bond donors (Lipinski definition) is 0. The van der Waals surface area contributed by atoms with Crippen LogP contribution >= 0.6 is 11.3 Å². The van der Waals surface area contributed by atoms with E-state index in [0.29, 0.717) is 37.7 Å². The largest absolute Gasteiger partial charge is 0.497 e. The number of allylic oxidation sites excluding steroid dienone is 1. The zero-order chi connectivity index (χ0) is 29.0. The number of carbonyl (C=O) groups excluding carboxylic acids is 2. The highest BCUT2D eigenvalue weighted by atomic mass is 32.1. The van der Waals surface area contributed by atoms with E-state index in [2.05, 4.69) is 11.6 Å². The molecule has 2 aromatic carbocycles. The molecular weight excluding hydrogens is 536 g/mol. The van der Waals surface area contributed by atoms with Crippen LogP contribution in [-0.2, 0) is 14.3 Å². The van der Waals surface area contributed by atoms with Gasteiger partial charge in [-0.25, -0.2) is 9.79 Å². The first kappa shape index (κ1) is 28.4. The van der Waals surface area contributed by atoms with Gasteiger partial charge in [0.15, 0.2) is 16.3 Å². The highest BCUT2D eigenvalue weighted by Gasteiger charge is 2.34. The third kappa shape index (κ3) is 5.55. The first-order chi connectivity index (χ1) is 19.2. The van der Waals surface area contributed by atoms with Gasteiger partial charge in [0.25, 0.3) is 5.56 Å². The minimum absolute atomic E-state index is 0.0168. The number of thiazole rings is 1. The number of nitrogens with zero attached hydrogens (tertiary/aromatic N) is 2. The average Bonchev–Trinajstić information content (AvgIpc) is 3.24. The van der Waals surface area contributed by atoms with Crippen LogP contribution in [0.2, 0.25) is 0 Å². The van der Waals surface area contributed by atoms with Gasteiger partial charge in [-0.1, -0.05) is 30.1 Å². The standard InChI is InChI=1S/C29H28N2O8S/c1-7-12-38-28(34)25-16(2)30-29-31(26(25)18-8-10-22(39-17(3)32)23(14-18)37-6)27(33)24(40-29)15-19-13-20(35-4)9-11-21(19)36-5/h7-11,13-15,26H,1,12H2,2-6H3. The van der Waals surface area contributed by atoms with Crippen molar-refractivity contribution in [1.82, 2.24) is 4.57 Å². The normalized spacial score (nSPS) is 14.6. The number of esters is 2. The van der Waals surface area contributed by atoms with Crippen LogP contribution < -0.4 is 33.8 Å². The maximum absolute atomic E-state index is 13.9. The summed E-state index contributed by atoms with van der Waals surface area (Å²) in [4.78, 5) is 43.7. The smallest absolute Gasteiger partial charge is 0.338 e. The minimum atomic E-state index is -0.900. The Morgan fingerprint density at radius 1 is 1.05 bits per heavy atom. The van der Waals surface area contributed by atoms with Gasteiger partial charge in [-0.2, -0.15) is 0 Å². The summed E-state index contributed by atoms with van der Waals surface area (Å²) < 4.78 is 28.7. The Morgan fingerprint density at radius 3 is 2.42 bits per heavy atom. The number of fused-ring (bicyclic) bond motifs is 1. The van der Waals surface area contributed by atoms with Crippen molar-refractivity contribution in [3.63, 3.8) is 0 Å². The Bertz CT molecular complexity index is 1700. The van der Waals surface area contributed by atoms with Crippen molar-refractivity contribution in [2.75, 3.05) is 27.9 Å². The lowest BCUT2D eigenvalue weighted by atomic mass is 9.95. The minimum Gasteiger partial charge on any atom is -0.497 e. The molecule has 1 aromatic heterocycles. The van der Waals surface area contributed by atoms with E-state index in [0.717, 1.165) is 0 Å². The van der Waals surface area contributed by atoms with E-state index in [9.17, 15) is 14.4 Å². The van der Waals surface area contributed by atoms with Gasteiger partial charge >= 0.3 is 11.9 Å².